The molecule has 8 heteroatoms. The van der Waals surface area contributed by atoms with Gasteiger partial charge in [-0.2, -0.15) is 4.57 Å². The molecule has 0 amide bonds. The predicted octanol–water partition coefficient (Wildman–Crippen LogP) is 0.748. The summed E-state index contributed by atoms with van der Waals surface area (Å²) in [5, 5.41) is 0. The topological polar surface area (TPSA) is 99.0 Å². The number of anilines is 1. The number of rotatable bonds is 6. The summed E-state index contributed by atoms with van der Waals surface area (Å²) < 4.78 is 6.94. The second-order valence-corrected chi connectivity index (χ2v) is 6.07. The average molecular weight is 335 g/mol. The van der Waals surface area contributed by atoms with Crippen molar-refractivity contribution < 1.29 is 18.9 Å². The van der Waals surface area contributed by atoms with Crippen molar-refractivity contribution >= 4 is 28.9 Å². The van der Waals surface area contributed by atoms with Crippen molar-refractivity contribution in [1.82, 2.24) is 9.97 Å². The maximum absolute atomic E-state index is 11.1. The molecule has 0 saturated heterocycles. The molecule has 0 spiro atoms. The molecule has 7 nitrogen and oxygen atoms in total. The monoisotopic (exact) mass is 335 g/mol. The van der Waals surface area contributed by atoms with E-state index in [-0.39, 0.29) is 6.61 Å². The third kappa shape index (κ3) is 4.32. The first-order chi connectivity index (χ1) is 10.9. The molecule has 0 saturated carbocycles. The van der Waals surface area contributed by atoms with E-state index in [0.29, 0.717) is 24.6 Å². The van der Waals surface area contributed by atoms with Crippen LogP contribution in [0.5, 0.6) is 0 Å². The zero-order valence-electron chi connectivity index (χ0n) is 13.3. The molecule has 0 aliphatic rings. The van der Waals surface area contributed by atoms with Crippen LogP contribution in [0.3, 0.4) is 0 Å². The highest BCUT2D eigenvalue weighted by molar-refractivity contribution is 7.09. The Labute approximate surface area is 138 Å². The molecule has 0 aromatic carbocycles. The second-order valence-electron chi connectivity index (χ2n) is 5.13. The fraction of sp³-hybridized carbons (Fsp3) is 0.400. The largest absolute Gasteiger partial charge is 0.460 e. The fourth-order valence-corrected chi connectivity index (χ4v) is 2.98. The molecule has 23 heavy (non-hydrogen) atoms. The third-order valence-corrected chi connectivity index (χ3v) is 4.51. The summed E-state index contributed by atoms with van der Waals surface area (Å²) in [5.74, 6) is -0.256. The Balaban J connectivity index is 2.01. The number of ketones is 1. The van der Waals surface area contributed by atoms with E-state index in [0.717, 1.165) is 16.1 Å². The van der Waals surface area contributed by atoms with E-state index in [9.17, 15) is 9.59 Å². The van der Waals surface area contributed by atoms with Crippen LogP contribution >= 0.6 is 11.3 Å². The van der Waals surface area contributed by atoms with E-state index in [4.69, 9.17) is 10.5 Å². The minimum absolute atomic E-state index is 0.190. The summed E-state index contributed by atoms with van der Waals surface area (Å²) in [6.07, 6.45) is 2.30. The van der Waals surface area contributed by atoms with Crippen LogP contribution in [0.4, 0.5) is 5.82 Å². The van der Waals surface area contributed by atoms with Crippen molar-refractivity contribution in [2.75, 3.05) is 12.3 Å². The van der Waals surface area contributed by atoms with Gasteiger partial charge in [-0.05, 0) is 6.92 Å². The van der Waals surface area contributed by atoms with Crippen LogP contribution in [-0.4, -0.2) is 28.3 Å². The molecule has 0 radical (unpaired) electrons. The third-order valence-electron chi connectivity index (χ3n) is 3.37. The Morgan fingerprint density at radius 1 is 1.39 bits per heavy atom. The van der Waals surface area contributed by atoms with Gasteiger partial charge >= 0.3 is 5.97 Å². The number of nitrogens with two attached hydrogens (primary N) is 1. The van der Waals surface area contributed by atoms with Crippen LogP contribution in [0.1, 0.15) is 28.9 Å². The van der Waals surface area contributed by atoms with Gasteiger partial charge in [0.15, 0.2) is 12.2 Å². The van der Waals surface area contributed by atoms with Gasteiger partial charge in [0.2, 0.25) is 11.3 Å². The number of aryl methyl sites for hydroxylation is 1. The lowest BCUT2D eigenvalue weighted by Gasteiger charge is -2.02. The van der Waals surface area contributed by atoms with Crippen LogP contribution in [0.25, 0.3) is 0 Å². The van der Waals surface area contributed by atoms with Gasteiger partial charge in [0, 0.05) is 26.5 Å². The summed E-state index contributed by atoms with van der Waals surface area (Å²) in [6, 6.07) is 0. The van der Waals surface area contributed by atoms with Gasteiger partial charge in [0.25, 0.3) is 0 Å². The van der Waals surface area contributed by atoms with Gasteiger partial charge in [-0.15, -0.1) is 0 Å². The van der Waals surface area contributed by atoms with Gasteiger partial charge < -0.3 is 10.5 Å². The summed E-state index contributed by atoms with van der Waals surface area (Å²) in [4.78, 5) is 31.4. The molecule has 0 unspecified atom stereocenters. The number of ether oxygens (including phenoxy) is 1. The van der Waals surface area contributed by atoms with Gasteiger partial charge in [-0.1, -0.05) is 11.3 Å². The molecule has 0 aliphatic carbocycles. The summed E-state index contributed by atoms with van der Waals surface area (Å²) in [5.41, 5.74) is 9.82. The van der Waals surface area contributed by atoms with E-state index in [1.54, 1.807) is 24.5 Å². The number of nitrogen functional groups attached to an aromatic ring is 1. The number of hydrogen-bond donors (Lipinski definition) is 1. The first-order valence-electron chi connectivity index (χ1n) is 7.10. The van der Waals surface area contributed by atoms with E-state index in [2.05, 4.69) is 14.5 Å². The molecule has 2 rings (SSSR count). The second kappa shape index (κ2) is 7.28. The zero-order chi connectivity index (χ0) is 17.0. The van der Waals surface area contributed by atoms with Crippen LogP contribution in [0.15, 0.2) is 11.7 Å². The van der Waals surface area contributed by atoms with Crippen molar-refractivity contribution in [3.05, 3.63) is 33.7 Å². The van der Waals surface area contributed by atoms with Crippen LogP contribution in [0.2, 0.25) is 0 Å². The Morgan fingerprint density at radius 2 is 2.13 bits per heavy atom. The number of carbonyl (C=O) groups is 2. The molecular weight excluding hydrogens is 316 g/mol. The normalized spacial score (nSPS) is 10.6. The lowest BCUT2D eigenvalue weighted by atomic mass is 10.2. The van der Waals surface area contributed by atoms with Crippen molar-refractivity contribution in [1.29, 1.82) is 0 Å². The van der Waals surface area contributed by atoms with Gasteiger partial charge in [0.05, 0.1) is 17.0 Å². The Kier molecular flexibility index (Phi) is 5.38. The molecular formula is C15H19N4O3S+. The predicted molar refractivity (Wildman–Crippen MR) is 84.9 cm³/mol. The maximum Gasteiger partial charge on any atom is 0.374 e. The minimum Gasteiger partial charge on any atom is -0.460 e. The smallest absolute Gasteiger partial charge is 0.374 e. The quantitative estimate of drug-likeness (QED) is 0.475. The number of aromatic nitrogens is 3. The highest BCUT2D eigenvalue weighted by Crippen LogP contribution is 2.14. The minimum atomic E-state index is -0.795. The summed E-state index contributed by atoms with van der Waals surface area (Å²) in [6.45, 7) is 5.76. The van der Waals surface area contributed by atoms with Crippen molar-refractivity contribution in [2.45, 2.75) is 33.7 Å². The lowest BCUT2D eigenvalue weighted by Crippen LogP contribution is -2.35. The Morgan fingerprint density at radius 3 is 2.78 bits per heavy atom. The molecule has 2 aromatic heterocycles. The zero-order valence-corrected chi connectivity index (χ0v) is 14.1. The van der Waals surface area contributed by atoms with E-state index < -0.39 is 11.8 Å². The SMILES string of the molecule is CC(=O)C(=O)OCCc1sc[n+](Cc2cnc(C)nc2N)c1C. The first kappa shape index (κ1) is 17.0. The Hall–Kier alpha value is -2.35. The van der Waals surface area contributed by atoms with Gasteiger partial charge in [-0.3, -0.25) is 4.79 Å². The molecule has 0 bridgehead atoms. The van der Waals surface area contributed by atoms with Crippen LogP contribution in [0, 0.1) is 13.8 Å². The van der Waals surface area contributed by atoms with Crippen molar-refractivity contribution in [3.63, 3.8) is 0 Å². The molecule has 2 heterocycles. The Bertz CT molecular complexity index is 742. The molecule has 0 atom stereocenters. The number of carbonyl (C=O) groups excluding carboxylic acids is 2. The molecule has 0 fully saturated rings. The highest BCUT2D eigenvalue weighted by Gasteiger charge is 2.18. The molecule has 2 aromatic rings. The van der Waals surface area contributed by atoms with Crippen molar-refractivity contribution in [3.8, 4) is 0 Å². The number of thiazole rings is 1. The van der Waals surface area contributed by atoms with Crippen molar-refractivity contribution in [2.24, 2.45) is 0 Å². The number of nitrogens with zero attached hydrogens (tertiary/aromatic N) is 3. The molecule has 122 valence electrons. The average Bonchev–Trinajstić information content (AvgIpc) is 2.83. The summed E-state index contributed by atoms with van der Waals surface area (Å²) >= 11 is 1.57. The number of Topliss-reactive ketones (excluding diaryl/α,β-unsaturated/α-hetero) is 1. The van der Waals surface area contributed by atoms with Gasteiger partial charge in [-0.25, -0.2) is 14.8 Å². The standard InChI is InChI=1S/C15H19N4O3S/c1-9-13(4-5-22-15(21)10(2)20)23-8-19(9)7-12-6-17-11(3)18-14(12)16/h6,8H,4-5,7H2,1-3H3,(H2,16,17,18)/q+1. The number of esters is 1. The number of hydrogen-bond acceptors (Lipinski definition) is 7. The van der Waals surface area contributed by atoms with Crippen LogP contribution in [-0.2, 0) is 27.3 Å². The molecule has 2 N–H and O–H groups in total. The summed E-state index contributed by atoms with van der Waals surface area (Å²) in [7, 11) is 0. The van der Waals surface area contributed by atoms with E-state index >= 15 is 0 Å². The van der Waals surface area contributed by atoms with E-state index in [1.807, 2.05) is 12.4 Å². The fourth-order valence-electron chi connectivity index (χ4n) is 2.00. The van der Waals surface area contributed by atoms with E-state index in [1.165, 1.54) is 6.92 Å². The molecule has 0 aliphatic heterocycles. The lowest BCUT2D eigenvalue weighted by molar-refractivity contribution is -0.689. The maximum atomic E-state index is 11.1. The highest BCUT2D eigenvalue weighted by atomic mass is 32.1. The van der Waals surface area contributed by atoms with Crippen LogP contribution < -0.4 is 10.3 Å². The first-order valence-corrected chi connectivity index (χ1v) is 7.98. The van der Waals surface area contributed by atoms with Gasteiger partial charge in [0.1, 0.15) is 11.6 Å².